The lowest BCUT2D eigenvalue weighted by Crippen LogP contribution is -2.53. The summed E-state index contributed by atoms with van der Waals surface area (Å²) in [7, 11) is 0. The van der Waals surface area contributed by atoms with Crippen molar-refractivity contribution in [1.82, 2.24) is 0 Å². The standard InChI is InChI=1S/C28H27NO4/c1-27(2,3)33-26(32)29-17-28(16-20-11-7-8-12-21(20)24(28)30)25(31)22-15-19(13-14-23(22)29)18-9-5-4-6-10-18/h4-15,24,30H,16-17H2,1-3H3/t24-,28-/m1/s1. The van der Waals surface area contributed by atoms with Crippen molar-refractivity contribution in [3.8, 4) is 11.1 Å². The lowest BCUT2D eigenvalue weighted by Gasteiger charge is -2.42. The molecular weight excluding hydrogens is 414 g/mol. The van der Waals surface area contributed by atoms with E-state index in [0.717, 1.165) is 22.3 Å². The molecule has 2 aliphatic rings. The Hall–Kier alpha value is -3.44. The number of Topliss-reactive ketones (excluding diaryl/α,β-unsaturated/α-hetero) is 1. The third-order valence-corrected chi connectivity index (χ3v) is 6.52. The number of amides is 1. The number of fused-ring (bicyclic) bond motifs is 2. The molecule has 2 atom stereocenters. The summed E-state index contributed by atoms with van der Waals surface area (Å²) in [5.41, 5.74) is 2.65. The van der Waals surface area contributed by atoms with Crippen LogP contribution in [0, 0.1) is 5.41 Å². The van der Waals surface area contributed by atoms with Crippen molar-refractivity contribution in [3.63, 3.8) is 0 Å². The number of hydrogen-bond donors (Lipinski definition) is 1. The molecule has 0 radical (unpaired) electrons. The van der Waals surface area contributed by atoms with Crippen molar-refractivity contribution in [2.24, 2.45) is 5.41 Å². The zero-order valence-corrected chi connectivity index (χ0v) is 19.0. The SMILES string of the molecule is CC(C)(C)OC(=O)N1C[C@@]2(Cc3ccccc3[C@H]2O)C(=O)c2cc(-c3ccccc3)ccc21. The Morgan fingerprint density at radius 1 is 1.00 bits per heavy atom. The molecule has 1 N–H and O–H groups in total. The summed E-state index contributed by atoms with van der Waals surface area (Å²) in [4.78, 5) is 28.8. The first-order chi connectivity index (χ1) is 15.7. The second-order valence-corrected chi connectivity index (χ2v) is 9.93. The van der Waals surface area contributed by atoms with Gasteiger partial charge in [-0.2, -0.15) is 0 Å². The van der Waals surface area contributed by atoms with Gasteiger partial charge in [0.25, 0.3) is 0 Å². The second-order valence-electron chi connectivity index (χ2n) is 9.93. The molecule has 1 aliphatic heterocycles. The van der Waals surface area contributed by atoms with Crippen LogP contribution in [-0.4, -0.2) is 29.1 Å². The topological polar surface area (TPSA) is 66.8 Å². The first-order valence-corrected chi connectivity index (χ1v) is 11.2. The molecule has 1 aliphatic carbocycles. The van der Waals surface area contributed by atoms with Crippen LogP contribution in [0.2, 0.25) is 0 Å². The monoisotopic (exact) mass is 441 g/mol. The molecular formula is C28H27NO4. The highest BCUT2D eigenvalue weighted by Gasteiger charge is 2.56. The zero-order valence-electron chi connectivity index (χ0n) is 19.0. The van der Waals surface area contributed by atoms with Crippen molar-refractivity contribution in [2.75, 3.05) is 11.4 Å². The number of aliphatic hydroxyl groups excluding tert-OH is 1. The average Bonchev–Trinajstić information content (AvgIpc) is 3.08. The molecule has 0 saturated heterocycles. The summed E-state index contributed by atoms with van der Waals surface area (Å²) < 4.78 is 5.69. The molecule has 168 valence electrons. The maximum absolute atomic E-state index is 14.0. The normalized spacial score (nSPS) is 21.6. The van der Waals surface area contributed by atoms with Crippen molar-refractivity contribution in [2.45, 2.75) is 38.9 Å². The van der Waals surface area contributed by atoms with Crippen molar-refractivity contribution in [3.05, 3.63) is 89.5 Å². The zero-order chi connectivity index (χ0) is 23.4. The third kappa shape index (κ3) is 3.53. The maximum Gasteiger partial charge on any atom is 0.414 e. The van der Waals surface area contributed by atoms with Crippen LogP contribution in [0.15, 0.2) is 72.8 Å². The van der Waals surface area contributed by atoms with Gasteiger partial charge >= 0.3 is 6.09 Å². The first kappa shape index (κ1) is 21.4. The minimum Gasteiger partial charge on any atom is -0.443 e. The lowest BCUT2D eigenvalue weighted by molar-refractivity contribution is 0.0289. The summed E-state index contributed by atoms with van der Waals surface area (Å²) in [5.74, 6) is -0.140. The molecule has 33 heavy (non-hydrogen) atoms. The molecule has 1 heterocycles. The smallest absolute Gasteiger partial charge is 0.414 e. The van der Waals surface area contributed by atoms with Crippen LogP contribution in [-0.2, 0) is 11.2 Å². The molecule has 0 fully saturated rings. The van der Waals surface area contributed by atoms with E-state index in [1.807, 2.05) is 87.5 Å². The highest BCUT2D eigenvalue weighted by atomic mass is 16.6. The van der Waals surface area contributed by atoms with Gasteiger partial charge in [-0.05, 0) is 61.6 Å². The highest BCUT2D eigenvalue weighted by Crippen LogP contribution is 2.52. The number of nitrogens with zero attached hydrogens (tertiary/aromatic N) is 1. The Labute approximate surface area is 193 Å². The Morgan fingerprint density at radius 2 is 1.70 bits per heavy atom. The molecule has 1 spiro atoms. The Morgan fingerprint density at radius 3 is 2.39 bits per heavy atom. The Kier molecular flexibility index (Phi) is 4.91. The maximum atomic E-state index is 14.0. The van der Waals surface area contributed by atoms with Gasteiger partial charge in [-0.25, -0.2) is 4.79 Å². The Balaban J connectivity index is 1.65. The van der Waals surface area contributed by atoms with E-state index in [2.05, 4.69) is 0 Å². The van der Waals surface area contributed by atoms with Gasteiger partial charge in [0.2, 0.25) is 0 Å². The number of aliphatic hydroxyl groups is 1. The minimum absolute atomic E-state index is 0.0638. The van der Waals surface area contributed by atoms with Gasteiger partial charge in [0.05, 0.1) is 17.2 Å². The van der Waals surface area contributed by atoms with Crippen LogP contribution >= 0.6 is 0 Å². The molecule has 0 aromatic heterocycles. The fourth-order valence-electron chi connectivity index (χ4n) is 4.99. The van der Waals surface area contributed by atoms with Gasteiger partial charge in [0, 0.05) is 12.1 Å². The molecule has 0 unspecified atom stereocenters. The number of carbonyl (C=O) groups excluding carboxylic acids is 2. The van der Waals surface area contributed by atoms with Gasteiger partial charge in [-0.1, -0.05) is 60.7 Å². The van der Waals surface area contributed by atoms with Gasteiger partial charge in [0.15, 0.2) is 5.78 Å². The molecule has 3 aromatic carbocycles. The fourth-order valence-corrected chi connectivity index (χ4v) is 4.99. The van der Waals surface area contributed by atoms with Crippen molar-refractivity contribution >= 4 is 17.6 Å². The van der Waals surface area contributed by atoms with E-state index < -0.39 is 23.2 Å². The van der Waals surface area contributed by atoms with E-state index in [4.69, 9.17) is 4.74 Å². The van der Waals surface area contributed by atoms with Crippen LogP contribution < -0.4 is 4.90 Å². The first-order valence-electron chi connectivity index (χ1n) is 11.2. The van der Waals surface area contributed by atoms with Gasteiger partial charge in [-0.3, -0.25) is 9.69 Å². The summed E-state index contributed by atoms with van der Waals surface area (Å²) in [5, 5.41) is 11.4. The Bertz CT molecular complexity index is 1240. The van der Waals surface area contributed by atoms with E-state index in [0.29, 0.717) is 17.7 Å². The minimum atomic E-state index is -1.15. The number of rotatable bonds is 1. The third-order valence-electron chi connectivity index (χ3n) is 6.52. The van der Waals surface area contributed by atoms with Crippen LogP contribution in [0.1, 0.15) is 48.4 Å². The van der Waals surface area contributed by atoms with Crippen molar-refractivity contribution in [1.29, 1.82) is 0 Å². The molecule has 5 nitrogen and oxygen atoms in total. The molecule has 5 heteroatoms. The summed E-state index contributed by atoms with van der Waals surface area (Å²) in [6.45, 7) is 5.51. The quantitative estimate of drug-likeness (QED) is 0.536. The van der Waals surface area contributed by atoms with Gasteiger partial charge in [-0.15, -0.1) is 0 Å². The van der Waals surface area contributed by atoms with Crippen LogP contribution in [0.4, 0.5) is 10.5 Å². The number of benzene rings is 3. The second kappa shape index (κ2) is 7.56. The number of carbonyl (C=O) groups is 2. The molecule has 3 aromatic rings. The lowest BCUT2D eigenvalue weighted by atomic mass is 9.72. The highest BCUT2D eigenvalue weighted by molar-refractivity contribution is 6.12. The van der Waals surface area contributed by atoms with Crippen LogP contribution in [0.25, 0.3) is 11.1 Å². The largest absolute Gasteiger partial charge is 0.443 e. The predicted molar refractivity (Wildman–Crippen MR) is 127 cm³/mol. The van der Waals surface area contributed by atoms with Crippen molar-refractivity contribution < 1.29 is 19.4 Å². The summed E-state index contributed by atoms with van der Waals surface area (Å²) in [6.07, 6.45) is -1.15. The summed E-state index contributed by atoms with van der Waals surface area (Å²) in [6, 6.07) is 22.9. The fraction of sp³-hybridized carbons (Fsp3) is 0.286. The number of ketones is 1. The number of ether oxygens (including phenoxy) is 1. The number of hydrogen-bond acceptors (Lipinski definition) is 4. The van der Waals surface area contributed by atoms with E-state index in [1.54, 1.807) is 6.07 Å². The molecule has 0 bridgehead atoms. The van der Waals surface area contributed by atoms with Crippen LogP contribution in [0.3, 0.4) is 0 Å². The van der Waals surface area contributed by atoms with E-state index >= 15 is 0 Å². The van der Waals surface area contributed by atoms with Gasteiger partial charge in [0.1, 0.15) is 5.60 Å². The average molecular weight is 442 g/mol. The van der Waals surface area contributed by atoms with Gasteiger partial charge < -0.3 is 9.84 Å². The molecule has 0 saturated carbocycles. The molecule has 5 rings (SSSR count). The molecule has 1 amide bonds. The predicted octanol–water partition coefficient (Wildman–Crippen LogP) is 5.57. The van der Waals surface area contributed by atoms with E-state index in [9.17, 15) is 14.7 Å². The number of anilines is 1. The van der Waals surface area contributed by atoms with Crippen LogP contribution in [0.5, 0.6) is 0 Å². The summed E-state index contributed by atoms with van der Waals surface area (Å²) >= 11 is 0. The van der Waals surface area contributed by atoms with E-state index in [1.165, 1.54) is 4.90 Å². The van der Waals surface area contributed by atoms with E-state index in [-0.39, 0.29) is 12.3 Å².